The first-order valence-electron chi connectivity index (χ1n) is 10.1. The largest absolute Gasteiger partial charge is 0.484 e. The highest BCUT2D eigenvalue weighted by atomic mass is 16.5. The predicted molar refractivity (Wildman–Crippen MR) is 114 cm³/mol. The average molecular weight is 404 g/mol. The van der Waals surface area contributed by atoms with Crippen LogP contribution >= 0.6 is 0 Å². The Morgan fingerprint density at radius 2 is 1.97 bits per heavy atom. The first kappa shape index (κ1) is 19.8. The molecule has 0 fully saturated rings. The molecule has 154 valence electrons. The fraction of sp³-hybridized carbons (Fsp3) is 0.250. The molecule has 3 aromatic rings. The molecule has 1 atom stereocenters. The molecule has 30 heavy (non-hydrogen) atoms. The number of anilines is 1. The van der Waals surface area contributed by atoms with E-state index in [1.165, 1.54) is 17.4 Å². The number of nitrogens with one attached hydrogen (secondary N) is 2. The highest BCUT2D eigenvalue weighted by molar-refractivity contribution is 6.02. The minimum atomic E-state index is -0.345. The molecule has 0 unspecified atom stereocenters. The Hall–Kier alpha value is -3.54. The molecule has 0 saturated heterocycles. The van der Waals surface area contributed by atoms with E-state index in [0.29, 0.717) is 23.9 Å². The fourth-order valence-corrected chi connectivity index (χ4v) is 3.77. The Balaban J connectivity index is 1.27. The summed E-state index contributed by atoms with van der Waals surface area (Å²) in [6, 6.07) is 18.6. The van der Waals surface area contributed by atoms with Gasteiger partial charge < -0.3 is 19.8 Å². The number of fused-ring (bicyclic) bond motifs is 1. The van der Waals surface area contributed by atoms with Crippen LogP contribution in [0.15, 0.2) is 71.3 Å². The van der Waals surface area contributed by atoms with Crippen molar-refractivity contribution in [3.05, 3.63) is 83.8 Å². The van der Waals surface area contributed by atoms with Gasteiger partial charge in [0.1, 0.15) is 5.75 Å². The van der Waals surface area contributed by atoms with Gasteiger partial charge in [-0.3, -0.25) is 9.59 Å². The number of furan rings is 1. The second kappa shape index (κ2) is 9.31. The number of amides is 2. The standard InChI is InChI=1S/C24H24N2O4/c27-23(25-15-18-8-3-7-17-6-1-2-11-21(17)18)16-30-20-10-4-9-19(14-20)26-24(28)22-12-5-13-29-22/h1-2,4-6,9-14,18H,3,7-8,15-16H2,(H,25,27)(H,26,28)/t18-/m1/s1. The second-order valence-corrected chi connectivity index (χ2v) is 7.34. The van der Waals surface area contributed by atoms with Gasteiger partial charge in [-0.1, -0.05) is 30.3 Å². The molecule has 2 amide bonds. The highest BCUT2D eigenvalue weighted by Gasteiger charge is 2.20. The van der Waals surface area contributed by atoms with Crippen LogP contribution in [0.25, 0.3) is 0 Å². The van der Waals surface area contributed by atoms with Gasteiger partial charge in [0.15, 0.2) is 12.4 Å². The SMILES string of the molecule is O=C(COc1cccc(NC(=O)c2ccco2)c1)NC[C@H]1CCCc2ccccc21. The van der Waals surface area contributed by atoms with Crippen LogP contribution in [0.1, 0.15) is 40.4 Å². The summed E-state index contributed by atoms with van der Waals surface area (Å²) >= 11 is 0. The molecule has 1 heterocycles. The zero-order valence-electron chi connectivity index (χ0n) is 16.6. The molecule has 1 aromatic heterocycles. The van der Waals surface area contributed by atoms with Gasteiger partial charge in [-0.05, 0) is 54.7 Å². The summed E-state index contributed by atoms with van der Waals surface area (Å²) < 4.78 is 10.7. The summed E-state index contributed by atoms with van der Waals surface area (Å²) in [6.45, 7) is 0.530. The lowest BCUT2D eigenvalue weighted by Gasteiger charge is -2.25. The van der Waals surface area contributed by atoms with Crippen molar-refractivity contribution < 1.29 is 18.7 Å². The Labute approximate surface area is 175 Å². The van der Waals surface area contributed by atoms with Crippen LogP contribution in [0.2, 0.25) is 0 Å². The molecule has 2 N–H and O–H groups in total. The lowest BCUT2D eigenvalue weighted by Crippen LogP contribution is -2.33. The molecule has 0 bridgehead atoms. The summed E-state index contributed by atoms with van der Waals surface area (Å²) in [5.41, 5.74) is 3.28. The monoisotopic (exact) mass is 404 g/mol. The highest BCUT2D eigenvalue weighted by Crippen LogP contribution is 2.30. The van der Waals surface area contributed by atoms with Crippen molar-refractivity contribution in [3.63, 3.8) is 0 Å². The number of hydrogen-bond acceptors (Lipinski definition) is 4. The molecule has 2 aromatic carbocycles. The zero-order chi connectivity index (χ0) is 20.8. The molecule has 0 radical (unpaired) electrons. The summed E-state index contributed by atoms with van der Waals surface area (Å²) in [4.78, 5) is 24.3. The van der Waals surface area contributed by atoms with Crippen molar-refractivity contribution in [2.45, 2.75) is 25.2 Å². The van der Waals surface area contributed by atoms with E-state index in [1.54, 1.807) is 36.4 Å². The van der Waals surface area contributed by atoms with Gasteiger partial charge in [0.2, 0.25) is 0 Å². The third-order valence-corrected chi connectivity index (χ3v) is 5.25. The minimum absolute atomic E-state index is 0.0794. The summed E-state index contributed by atoms with van der Waals surface area (Å²) in [6.07, 6.45) is 4.77. The van der Waals surface area contributed by atoms with Gasteiger partial charge in [0.25, 0.3) is 11.8 Å². The van der Waals surface area contributed by atoms with Gasteiger partial charge in [0, 0.05) is 24.2 Å². The van der Waals surface area contributed by atoms with Crippen LogP contribution in [0, 0.1) is 0 Å². The smallest absolute Gasteiger partial charge is 0.291 e. The van der Waals surface area contributed by atoms with Crippen LogP contribution in [0.3, 0.4) is 0 Å². The predicted octanol–water partition coefficient (Wildman–Crippen LogP) is 4.15. The van der Waals surface area contributed by atoms with Crippen molar-refractivity contribution in [2.24, 2.45) is 0 Å². The zero-order valence-corrected chi connectivity index (χ0v) is 16.6. The van der Waals surface area contributed by atoms with Crippen molar-refractivity contribution in [1.29, 1.82) is 0 Å². The third kappa shape index (κ3) is 4.89. The van der Waals surface area contributed by atoms with Crippen LogP contribution in [-0.4, -0.2) is 25.0 Å². The van der Waals surface area contributed by atoms with E-state index in [-0.39, 0.29) is 24.2 Å². The van der Waals surface area contributed by atoms with Crippen molar-refractivity contribution in [3.8, 4) is 5.75 Å². The summed E-state index contributed by atoms with van der Waals surface area (Å²) in [7, 11) is 0. The molecule has 0 spiro atoms. The maximum atomic E-state index is 12.3. The maximum Gasteiger partial charge on any atom is 0.291 e. The number of carbonyl (C=O) groups excluding carboxylic acids is 2. The van der Waals surface area contributed by atoms with Crippen LogP contribution in [-0.2, 0) is 11.2 Å². The van der Waals surface area contributed by atoms with Crippen LogP contribution < -0.4 is 15.4 Å². The van der Waals surface area contributed by atoms with Gasteiger partial charge in [-0.2, -0.15) is 0 Å². The van der Waals surface area contributed by atoms with E-state index in [2.05, 4.69) is 34.9 Å². The van der Waals surface area contributed by atoms with E-state index in [1.807, 2.05) is 0 Å². The van der Waals surface area contributed by atoms with E-state index in [9.17, 15) is 9.59 Å². The van der Waals surface area contributed by atoms with Gasteiger partial charge in [-0.25, -0.2) is 0 Å². The Morgan fingerprint density at radius 3 is 2.83 bits per heavy atom. The second-order valence-electron chi connectivity index (χ2n) is 7.34. The van der Waals surface area contributed by atoms with Crippen molar-refractivity contribution in [1.82, 2.24) is 5.32 Å². The van der Waals surface area contributed by atoms with Crippen molar-refractivity contribution in [2.75, 3.05) is 18.5 Å². The number of carbonyl (C=O) groups is 2. The van der Waals surface area contributed by atoms with E-state index < -0.39 is 0 Å². The third-order valence-electron chi connectivity index (χ3n) is 5.25. The Bertz CT molecular complexity index is 1010. The fourth-order valence-electron chi connectivity index (χ4n) is 3.77. The van der Waals surface area contributed by atoms with E-state index in [4.69, 9.17) is 9.15 Å². The first-order chi connectivity index (χ1) is 14.7. The van der Waals surface area contributed by atoms with Gasteiger partial charge in [0.05, 0.1) is 6.26 Å². The Kier molecular flexibility index (Phi) is 6.13. The Morgan fingerprint density at radius 1 is 1.07 bits per heavy atom. The molecule has 0 aliphatic heterocycles. The molecule has 1 aliphatic carbocycles. The molecule has 6 heteroatoms. The topological polar surface area (TPSA) is 80.6 Å². The summed E-state index contributed by atoms with van der Waals surface area (Å²) in [5, 5.41) is 5.72. The molecule has 4 rings (SSSR count). The molecule has 6 nitrogen and oxygen atoms in total. The molecule has 0 saturated carbocycles. The first-order valence-corrected chi connectivity index (χ1v) is 10.1. The number of rotatable bonds is 7. The number of benzene rings is 2. The van der Waals surface area contributed by atoms with Crippen LogP contribution in [0.4, 0.5) is 5.69 Å². The number of aryl methyl sites for hydroxylation is 1. The lowest BCUT2D eigenvalue weighted by molar-refractivity contribution is -0.123. The molecular weight excluding hydrogens is 380 g/mol. The minimum Gasteiger partial charge on any atom is -0.484 e. The van der Waals surface area contributed by atoms with E-state index in [0.717, 1.165) is 19.3 Å². The van der Waals surface area contributed by atoms with Gasteiger partial charge >= 0.3 is 0 Å². The van der Waals surface area contributed by atoms with Gasteiger partial charge in [-0.15, -0.1) is 0 Å². The number of hydrogen-bond donors (Lipinski definition) is 2. The average Bonchev–Trinajstić information content (AvgIpc) is 3.32. The number of ether oxygens (including phenoxy) is 1. The molecular formula is C24H24N2O4. The molecule has 1 aliphatic rings. The summed E-state index contributed by atoms with van der Waals surface area (Å²) in [5.74, 6) is 0.570. The van der Waals surface area contributed by atoms with Crippen molar-refractivity contribution >= 4 is 17.5 Å². The quantitative estimate of drug-likeness (QED) is 0.620. The normalized spacial score (nSPS) is 15.1. The maximum absolute atomic E-state index is 12.3. The van der Waals surface area contributed by atoms with E-state index >= 15 is 0 Å². The lowest BCUT2D eigenvalue weighted by atomic mass is 9.83. The van der Waals surface area contributed by atoms with Crippen LogP contribution in [0.5, 0.6) is 5.75 Å².